The maximum atomic E-state index is 5.32. The van der Waals surface area contributed by atoms with Crippen LogP contribution in [-0.4, -0.2) is 61.8 Å². The van der Waals surface area contributed by atoms with Crippen LogP contribution in [0.2, 0.25) is 0 Å². The second-order valence-electron chi connectivity index (χ2n) is 4.81. The standard InChI is InChI=1S/C11H22N2O/c1-9-8-13(5-4-12(9)2)10-6-11(7-10)14-3/h9-11H,4-8H2,1-3H3/t9-,10-,11-/m1/s1. The molecule has 0 aromatic rings. The number of nitrogens with zero attached hydrogens (tertiary/aromatic N) is 2. The van der Waals surface area contributed by atoms with Gasteiger partial charge in [0.2, 0.25) is 0 Å². The van der Waals surface area contributed by atoms with Crippen molar-refractivity contribution in [2.45, 2.75) is 38.0 Å². The summed E-state index contributed by atoms with van der Waals surface area (Å²) in [5, 5.41) is 0. The van der Waals surface area contributed by atoms with Gasteiger partial charge in [0.15, 0.2) is 0 Å². The number of piperazine rings is 1. The van der Waals surface area contributed by atoms with Gasteiger partial charge in [-0.2, -0.15) is 0 Å². The lowest BCUT2D eigenvalue weighted by Gasteiger charge is -2.47. The molecule has 1 aliphatic heterocycles. The van der Waals surface area contributed by atoms with Crippen molar-refractivity contribution in [3.63, 3.8) is 0 Å². The van der Waals surface area contributed by atoms with E-state index in [1.807, 2.05) is 7.11 Å². The van der Waals surface area contributed by atoms with Crippen molar-refractivity contribution in [1.82, 2.24) is 9.80 Å². The largest absolute Gasteiger partial charge is 0.381 e. The molecule has 1 saturated heterocycles. The highest BCUT2D eigenvalue weighted by atomic mass is 16.5. The summed E-state index contributed by atoms with van der Waals surface area (Å²) < 4.78 is 5.32. The predicted octanol–water partition coefficient (Wildman–Crippen LogP) is 0.800. The Morgan fingerprint density at radius 1 is 1.21 bits per heavy atom. The van der Waals surface area contributed by atoms with Gasteiger partial charge in [0.05, 0.1) is 6.10 Å². The summed E-state index contributed by atoms with van der Waals surface area (Å²) in [5.41, 5.74) is 0. The second-order valence-corrected chi connectivity index (χ2v) is 4.81. The van der Waals surface area contributed by atoms with Crippen LogP contribution in [0.15, 0.2) is 0 Å². The minimum Gasteiger partial charge on any atom is -0.381 e. The lowest BCUT2D eigenvalue weighted by Crippen LogP contribution is -2.57. The quantitative estimate of drug-likeness (QED) is 0.653. The van der Waals surface area contributed by atoms with E-state index in [1.54, 1.807) is 0 Å². The van der Waals surface area contributed by atoms with E-state index >= 15 is 0 Å². The summed E-state index contributed by atoms with van der Waals surface area (Å²) >= 11 is 0. The summed E-state index contributed by atoms with van der Waals surface area (Å²) in [5.74, 6) is 0. The van der Waals surface area contributed by atoms with Crippen molar-refractivity contribution in [2.75, 3.05) is 33.8 Å². The first-order valence-corrected chi connectivity index (χ1v) is 5.67. The van der Waals surface area contributed by atoms with Gasteiger partial charge < -0.3 is 9.64 Å². The van der Waals surface area contributed by atoms with Crippen LogP contribution >= 0.6 is 0 Å². The zero-order valence-electron chi connectivity index (χ0n) is 9.57. The van der Waals surface area contributed by atoms with Crippen LogP contribution in [0.5, 0.6) is 0 Å². The van der Waals surface area contributed by atoms with Gasteiger partial charge in [-0.25, -0.2) is 0 Å². The van der Waals surface area contributed by atoms with Gasteiger partial charge in [-0.1, -0.05) is 0 Å². The minimum absolute atomic E-state index is 0.537. The van der Waals surface area contributed by atoms with Crippen LogP contribution in [0.3, 0.4) is 0 Å². The zero-order chi connectivity index (χ0) is 10.1. The van der Waals surface area contributed by atoms with Gasteiger partial charge in [-0.3, -0.25) is 4.90 Å². The monoisotopic (exact) mass is 198 g/mol. The van der Waals surface area contributed by atoms with Crippen molar-refractivity contribution in [3.8, 4) is 0 Å². The third kappa shape index (κ3) is 1.95. The molecule has 2 rings (SSSR count). The highest BCUT2D eigenvalue weighted by Crippen LogP contribution is 2.29. The van der Waals surface area contributed by atoms with Crippen LogP contribution in [0.1, 0.15) is 19.8 Å². The van der Waals surface area contributed by atoms with Crippen molar-refractivity contribution in [1.29, 1.82) is 0 Å². The molecule has 0 radical (unpaired) electrons. The molecule has 14 heavy (non-hydrogen) atoms. The summed E-state index contributed by atoms with van der Waals surface area (Å²) in [6, 6.07) is 1.52. The molecule has 1 atom stereocenters. The first-order valence-electron chi connectivity index (χ1n) is 5.67. The van der Waals surface area contributed by atoms with Gasteiger partial charge in [-0.15, -0.1) is 0 Å². The Labute approximate surface area is 87.0 Å². The van der Waals surface area contributed by atoms with E-state index in [0.717, 1.165) is 6.04 Å². The van der Waals surface area contributed by atoms with E-state index in [1.165, 1.54) is 32.5 Å². The summed E-state index contributed by atoms with van der Waals surface area (Å²) in [4.78, 5) is 5.09. The van der Waals surface area contributed by atoms with Gasteiger partial charge >= 0.3 is 0 Å². The SMILES string of the molecule is CO[C@H]1C[C@H](N2CCN(C)[C@H](C)C2)C1. The Balaban J connectivity index is 1.78. The van der Waals surface area contributed by atoms with E-state index in [-0.39, 0.29) is 0 Å². The van der Waals surface area contributed by atoms with Crippen molar-refractivity contribution in [3.05, 3.63) is 0 Å². The lowest BCUT2D eigenvalue weighted by molar-refractivity contribution is -0.0462. The molecule has 0 spiro atoms. The summed E-state index contributed by atoms with van der Waals surface area (Å²) in [6.07, 6.45) is 3.02. The molecule has 2 fully saturated rings. The first-order chi connectivity index (χ1) is 6.70. The number of ether oxygens (including phenoxy) is 1. The van der Waals surface area contributed by atoms with Gasteiger partial charge in [0.25, 0.3) is 0 Å². The van der Waals surface area contributed by atoms with Crippen LogP contribution in [0.25, 0.3) is 0 Å². The van der Waals surface area contributed by atoms with Crippen LogP contribution in [0.4, 0.5) is 0 Å². The molecular formula is C11H22N2O. The van der Waals surface area contributed by atoms with Gasteiger partial charge in [0, 0.05) is 38.8 Å². The Morgan fingerprint density at radius 2 is 1.93 bits per heavy atom. The molecule has 0 unspecified atom stereocenters. The second kappa shape index (κ2) is 4.17. The summed E-state index contributed by atoms with van der Waals surface area (Å²) in [6.45, 7) is 6.01. The molecule has 0 aromatic heterocycles. The lowest BCUT2D eigenvalue weighted by atomic mass is 9.87. The van der Waals surface area contributed by atoms with Crippen LogP contribution in [-0.2, 0) is 4.74 Å². The Kier molecular flexibility index (Phi) is 3.10. The first kappa shape index (κ1) is 10.4. The number of likely N-dealkylation sites (N-methyl/N-ethyl adjacent to an activating group) is 1. The van der Waals surface area contributed by atoms with Crippen molar-refractivity contribution >= 4 is 0 Å². The fraction of sp³-hybridized carbons (Fsp3) is 1.00. The van der Waals surface area contributed by atoms with E-state index in [2.05, 4.69) is 23.8 Å². The number of hydrogen-bond donors (Lipinski definition) is 0. The minimum atomic E-state index is 0.537. The maximum Gasteiger partial charge on any atom is 0.0601 e. The third-order valence-electron chi connectivity index (χ3n) is 3.91. The molecule has 3 nitrogen and oxygen atoms in total. The summed E-state index contributed by atoms with van der Waals surface area (Å²) in [7, 11) is 4.05. The van der Waals surface area contributed by atoms with Crippen LogP contribution < -0.4 is 0 Å². The Hall–Kier alpha value is -0.120. The zero-order valence-corrected chi connectivity index (χ0v) is 9.57. The number of hydrogen-bond acceptors (Lipinski definition) is 3. The molecular weight excluding hydrogens is 176 g/mol. The third-order valence-corrected chi connectivity index (χ3v) is 3.91. The van der Waals surface area contributed by atoms with Gasteiger partial charge in [0.1, 0.15) is 0 Å². The molecule has 3 heteroatoms. The number of methoxy groups -OCH3 is 1. The molecule has 0 N–H and O–H groups in total. The molecule has 1 heterocycles. The highest BCUT2D eigenvalue weighted by molar-refractivity contribution is 4.91. The van der Waals surface area contributed by atoms with E-state index in [0.29, 0.717) is 12.1 Å². The molecule has 2 aliphatic rings. The van der Waals surface area contributed by atoms with E-state index in [9.17, 15) is 0 Å². The number of rotatable bonds is 2. The molecule has 0 bridgehead atoms. The molecule has 1 aliphatic carbocycles. The fourth-order valence-electron chi connectivity index (χ4n) is 2.44. The Morgan fingerprint density at radius 3 is 2.50 bits per heavy atom. The average Bonchev–Trinajstić information content (AvgIpc) is 2.09. The molecule has 0 amide bonds. The smallest absolute Gasteiger partial charge is 0.0601 e. The molecule has 0 aromatic carbocycles. The van der Waals surface area contributed by atoms with E-state index < -0.39 is 0 Å². The fourth-order valence-corrected chi connectivity index (χ4v) is 2.44. The predicted molar refractivity (Wildman–Crippen MR) is 57.5 cm³/mol. The normalized spacial score (nSPS) is 40.9. The molecule has 82 valence electrons. The van der Waals surface area contributed by atoms with Crippen molar-refractivity contribution < 1.29 is 4.74 Å². The highest BCUT2D eigenvalue weighted by Gasteiger charge is 2.35. The van der Waals surface area contributed by atoms with Crippen LogP contribution in [0, 0.1) is 0 Å². The topological polar surface area (TPSA) is 15.7 Å². The average molecular weight is 198 g/mol. The van der Waals surface area contributed by atoms with Gasteiger partial charge in [-0.05, 0) is 26.8 Å². The van der Waals surface area contributed by atoms with Crippen molar-refractivity contribution in [2.24, 2.45) is 0 Å². The maximum absolute atomic E-state index is 5.32. The Bertz CT molecular complexity index is 192. The molecule has 1 saturated carbocycles. The van der Waals surface area contributed by atoms with E-state index in [4.69, 9.17) is 4.74 Å².